The lowest BCUT2D eigenvalue weighted by Crippen LogP contribution is -2.30. The van der Waals surface area contributed by atoms with Crippen molar-refractivity contribution in [2.75, 3.05) is 19.8 Å². The Balaban J connectivity index is 2.09. The van der Waals surface area contributed by atoms with E-state index in [2.05, 4.69) is 31.6 Å². The van der Waals surface area contributed by atoms with Crippen molar-refractivity contribution in [2.45, 2.75) is 33.7 Å². The highest BCUT2D eigenvalue weighted by Crippen LogP contribution is 2.58. The van der Waals surface area contributed by atoms with Crippen LogP contribution in [0.5, 0.6) is 0 Å². The third kappa shape index (κ3) is 5.36. The van der Waals surface area contributed by atoms with E-state index in [-0.39, 0.29) is 5.41 Å². The SMILES string of the molecule is CC/C=C/COP1(=NCc2ccccc2)OCC(C)(C)CO1. The van der Waals surface area contributed by atoms with Gasteiger partial charge in [-0.3, -0.25) is 4.52 Å². The molecule has 0 atom stereocenters. The molecule has 0 aliphatic carbocycles. The summed E-state index contributed by atoms with van der Waals surface area (Å²) in [4.78, 5) is 0. The summed E-state index contributed by atoms with van der Waals surface area (Å²) in [5, 5.41) is 0. The number of allylic oxidation sites excluding steroid dienone is 1. The number of hydrogen-bond acceptors (Lipinski definition) is 4. The Morgan fingerprint density at radius 2 is 1.86 bits per heavy atom. The standard InChI is InChI=1S/C17H26NO3P/c1-4-5-9-12-19-22(20-14-17(2,3)15-21-22)18-13-16-10-7-6-8-11-16/h5-11H,4,12-15H2,1-3H3/b9-5+. The first kappa shape index (κ1) is 17.4. The predicted octanol–water partition coefficient (Wildman–Crippen LogP) is 5.19. The van der Waals surface area contributed by atoms with Crippen LogP contribution in [0.3, 0.4) is 0 Å². The zero-order chi connectivity index (χ0) is 15.9. The minimum atomic E-state index is -2.60. The number of benzene rings is 1. The van der Waals surface area contributed by atoms with Crippen molar-refractivity contribution < 1.29 is 13.6 Å². The molecule has 1 fully saturated rings. The van der Waals surface area contributed by atoms with Crippen molar-refractivity contribution >= 4 is 7.74 Å². The van der Waals surface area contributed by atoms with Crippen molar-refractivity contribution in [3.63, 3.8) is 0 Å². The molecule has 1 saturated heterocycles. The molecule has 2 rings (SSSR count). The van der Waals surface area contributed by atoms with Gasteiger partial charge < -0.3 is 9.05 Å². The van der Waals surface area contributed by atoms with Crippen molar-refractivity contribution in [1.82, 2.24) is 0 Å². The highest BCUT2D eigenvalue weighted by Gasteiger charge is 2.35. The second-order valence-corrected chi connectivity index (χ2v) is 8.13. The minimum Gasteiger partial charge on any atom is -0.302 e. The van der Waals surface area contributed by atoms with Crippen LogP contribution in [0.1, 0.15) is 32.8 Å². The molecule has 1 aliphatic rings. The average Bonchev–Trinajstić information content (AvgIpc) is 2.53. The zero-order valence-corrected chi connectivity index (χ0v) is 14.6. The molecule has 0 spiro atoms. The molecule has 0 aromatic heterocycles. The van der Waals surface area contributed by atoms with E-state index in [4.69, 9.17) is 13.6 Å². The van der Waals surface area contributed by atoms with Crippen LogP contribution in [-0.2, 0) is 20.1 Å². The smallest absolute Gasteiger partial charge is 0.302 e. The second-order valence-electron chi connectivity index (χ2n) is 6.14. The van der Waals surface area contributed by atoms with Crippen LogP contribution in [0.4, 0.5) is 0 Å². The van der Waals surface area contributed by atoms with Crippen LogP contribution in [0.2, 0.25) is 0 Å². The highest BCUT2D eigenvalue weighted by molar-refractivity contribution is 7.51. The van der Waals surface area contributed by atoms with E-state index in [1.54, 1.807) is 0 Å². The van der Waals surface area contributed by atoms with Gasteiger partial charge in [0, 0.05) is 5.41 Å². The summed E-state index contributed by atoms with van der Waals surface area (Å²) in [6, 6.07) is 10.1. The Labute approximate surface area is 133 Å². The fourth-order valence-electron chi connectivity index (χ4n) is 1.91. The van der Waals surface area contributed by atoms with Crippen molar-refractivity contribution in [1.29, 1.82) is 0 Å². The van der Waals surface area contributed by atoms with Gasteiger partial charge in [-0.1, -0.05) is 63.3 Å². The average molecular weight is 323 g/mol. The first-order chi connectivity index (χ1) is 10.6. The molecule has 0 radical (unpaired) electrons. The van der Waals surface area contributed by atoms with Crippen LogP contribution < -0.4 is 0 Å². The molecular formula is C17H26NO3P. The molecule has 1 aromatic carbocycles. The van der Waals surface area contributed by atoms with Crippen molar-refractivity contribution in [3.05, 3.63) is 48.0 Å². The normalized spacial score (nSPS) is 20.1. The van der Waals surface area contributed by atoms with Crippen LogP contribution in [0.25, 0.3) is 0 Å². The maximum atomic E-state index is 5.95. The molecule has 5 heteroatoms. The summed E-state index contributed by atoms with van der Waals surface area (Å²) >= 11 is 0. The van der Waals surface area contributed by atoms with Crippen molar-refractivity contribution in [2.24, 2.45) is 10.2 Å². The molecule has 22 heavy (non-hydrogen) atoms. The lowest BCUT2D eigenvalue weighted by Gasteiger charge is -2.36. The zero-order valence-electron chi connectivity index (χ0n) is 13.7. The maximum absolute atomic E-state index is 5.95. The van der Waals surface area contributed by atoms with Crippen LogP contribution in [-0.4, -0.2) is 19.8 Å². The molecular weight excluding hydrogens is 297 g/mol. The molecule has 0 amide bonds. The van der Waals surface area contributed by atoms with Gasteiger partial charge in [-0.15, -0.1) is 0 Å². The number of rotatable bonds is 6. The van der Waals surface area contributed by atoms with Crippen LogP contribution >= 0.6 is 7.74 Å². The molecule has 4 nitrogen and oxygen atoms in total. The monoisotopic (exact) mass is 323 g/mol. The van der Waals surface area contributed by atoms with E-state index in [0.717, 1.165) is 12.0 Å². The molecule has 0 bridgehead atoms. The largest absolute Gasteiger partial charge is 0.356 e. The third-order valence-electron chi connectivity index (χ3n) is 3.24. The molecule has 122 valence electrons. The minimum absolute atomic E-state index is 0.00832. The Bertz CT molecular complexity index is 526. The molecule has 1 aromatic rings. The summed E-state index contributed by atoms with van der Waals surface area (Å²) in [6.07, 6.45) is 5.05. The fraction of sp³-hybridized carbons (Fsp3) is 0.529. The molecule has 1 heterocycles. The topological polar surface area (TPSA) is 40.0 Å². The van der Waals surface area contributed by atoms with Gasteiger partial charge >= 0.3 is 7.74 Å². The number of hydrogen-bond donors (Lipinski definition) is 0. The molecule has 0 saturated carbocycles. The summed E-state index contributed by atoms with van der Waals surface area (Å²) in [5.74, 6) is 0. The molecule has 0 N–H and O–H groups in total. The summed E-state index contributed by atoms with van der Waals surface area (Å²) in [6.45, 7) is 8.57. The fourth-order valence-corrected chi connectivity index (χ4v) is 4.02. The van der Waals surface area contributed by atoms with E-state index in [9.17, 15) is 0 Å². The van der Waals surface area contributed by atoms with E-state index < -0.39 is 7.74 Å². The maximum Gasteiger partial charge on any atom is 0.356 e. The quantitative estimate of drug-likeness (QED) is 0.534. The van der Waals surface area contributed by atoms with E-state index >= 15 is 0 Å². The van der Waals surface area contributed by atoms with Gasteiger partial charge in [-0.05, 0) is 12.0 Å². The third-order valence-corrected chi connectivity index (χ3v) is 5.12. The van der Waals surface area contributed by atoms with Gasteiger partial charge in [-0.25, -0.2) is 4.74 Å². The Kier molecular flexibility index (Phi) is 6.39. The van der Waals surface area contributed by atoms with E-state index in [0.29, 0.717) is 26.4 Å². The van der Waals surface area contributed by atoms with E-state index in [1.807, 2.05) is 36.4 Å². The lowest BCUT2D eigenvalue weighted by molar-refractivity contribution is 0.0221. The Morgan fingerprint density at radius 1 is 1.18 bits per heavy atom. The van der Waals surface area contributed by atoms with Gasteiger partial charge in [0.05, 0.1) is 26.4 Å². The van der Waals surface area contributed by atoms with E-state index in [1.165, 1.54) is 0 Å². The first-order valence-electron chi connectivity index (χ1n) is 7.76. The first-order valence-corrected chi connectivity index (χ1v) is 9.25. The summed E-state index contributed by atoms with van der Waals surface area (Å²) < 4.78 is 22.5. The van der Waals surface area contributed by atoms with Crippen molar-refractivity contribution in [3.8, 4) is 0 Å². The Hall–Kier alpha value is -0.930. The number of nitrogens with zero attached hydrogens (tertiary/aromatic N) is 1. The summed E-state index contributed by atoms with van der Waals surface area (Å²) in [7, 11) is -2.60. The van der Waals surface area contributed by atoms with Gasteiger partial charge in [0.15, 0.2) is 0 Å². The summed E-state index contributed by atoms with van der Waals surface area (Å²) in [5.41, 5.74) is 1.14. The second kappa shape index (κ2) is 8.07. The van der Waals surface area contributed by atoms with Crippen LogP contribution in [0.15, 0.2) is 47.2 Å². The van der Waals surface area contributed by atoms with Crippen LogP contribution in [0, 0.1) is 5.41 Å². The molecule has 1 aliphatic heterocycles. The Morgan fingerprint density at radius 3 is 2.50 bits per heavy atom. The lowest BCUT2D eigenvalue weighted by atomic mass is 9.97. The van der Waals surface area contributed by atoms with Gasteiger partial charge in [0.25, 0.3) is 0 Å². The highest BCUT2D eigenvalue weighted by atomic mass is 31.2. The van der Waals surface area contributed by atoms with Gasteiger partial charge in [-0.2, -0.15) is 0 Å². The predicted molar refractivity (Wildman–Crippen MR) is 90.6 cm³/mol. The van der Waals surface area contributed by atoms with Gasteiger partial charge in [0.1, 0.15) is 0 Å². The molecule has 0 unspecified atom stereocenters. The van der Waals surface area contributed by atoms with Gasteiger partial charge in [0.2, 0.25) is 0 Å².